The van der Waals surface area contributed by atoms with E-state index in [-0.39, 0.29) is 5.92 Å². The second-order valence-corrected chi connectivity index (χ2v) is 7.66. The average molecular weight is 368 g/mol. The predicted octanol–water partition coefficient (Wildman–Crippen LogP) is 3.69. The summed E-state index contributed by atoms with van der Waals surface area (Å²) in [5.41, 5.74) is 1.97. The third-order valence-corrected chi connectivity index (χ3v) is 5.47. The highest BCUT2D eigenvalue weighted by Gasteiger charge is 2.43. The molecule has 0 radical (unpaired) electrons. The number of hydrogen-bond donors (Lipinski definition) is 1. The Morgan fingerprint density at radius 3 is 2.62 bits per heavy atom. The highest BCUT2D eigenvalue weighted by atomic mass is 32.1. The van der Waals surface area contributed by atoms with Crippen LogP contribution in [0.5, 0.6) is 0 Å². The van der Waals surface area contributed by atoms with Gasteiger partial charge in [-0.3, -0.25) is 4.79 Å². The number of nitriles is 1. The van der Waals surface area contributed by atoms with Gasteiger partial charge in [0.05, 0.1) is 6.07 Å². The van der Waals surface area contributed by atoms with Crippen molar-refractivity contribution < 1.29 is 14.3 Å². The highest BCUT2D eigenvalue weighted by Crippen LogP contribution is 2.39. The van der Waals surface area contributed by atoms with Gasteiger partial charge in [-0.15, -0.1) is 11.3 Å². The lowest BCUT2D eigenvalue weighted by Gasteiger charge is -2.22. The molecule has 2 aromatic rings. The van der Waals surface area contributed by atoms with Crippen molar-refractivity contribution in [2.24, 2.45) is 5.92 Å². The van der Waals surface area contributed by atoms with Crippen LogP contribution in [0.3, 0.4) is 0 Å². The Labute approximate surface area is 156 Å². The summed E-state index contributed by atoms with van der Waals surface area (Å²) in [7, 11) is 0. The van der Waals surface area contributed by atoms with Crippen molar-refractivity contribution in [1.29, 1.82) is 5.26 Å². The van der Waals surface area contributed by atoms with Crippen molar-refractivity contribution in [2.45, 2.75) is 32.2 Å². The van der Waals surface area contributed by atoms with E-state index in [2.05, 4.69) is 11.4 Å². The van der Waals surface area contributed by atoms with Gasteiger partial charge in [0, 0.05) is 5.56 Å². The minimum atomic E-state index is -0.889. The summed E-state index contributed by atoms with van der Waals surface area (Å²) < 4.78 is 5.17. The van der Waals surface area contributed by atoms with Gasteiger partial charge in [-0.1, -0.05) is 29.8 Å². The van der Waals surface area contributed by atoms with Crippen molar-refractivity contribution >= 4 is 23.2 Å². The molecule has 26 heavy (non-hydrogen) atoms. The largest absolute Gasteiger partial charge is 0.451 e. The fourth-order valence-corrected chi connectivity index (χ4v) is 3.64. The molecule has 1 aliphatic carbocycles. The predicted molar refractivity (Wildman–Crippen MR) is 99.7 cm³/mol. The Balaban J connectivity index is 1.62. The molecule has 1 aromatic heterocycles. The van der Waals surface area contributed by atoms with Gasteiger partial charge >= 0.3 is 5.97 Å². The first-order chi connectivity index (χ1) is 12.4. The number of nitrogens with zero attached hydrogens (tertiary/aromatic N) is 1. The van der Waals surface area contributed by atoms with Gasteiger partial charge in [-0.05, 0) is 49.6 Å². The fourth-order valence-electron chi connectivity index (χ4n) is 2.83. The van der Waals surface area contributed by atoms with Crippen LogP contribution < -0.4 is 5.32 Å². The minimum absolute atomic E-state index is 0.178. The molecule has 1 atom stereocenters. The zero-order valence-corrected chi connectivity index (χ0v) is 15.6. The molecule has 0 saturated heterocycles. The maximum Gasteiger partial charge on any atom is 0.349 e. The van der Waals surface area contributed by atoms with E-state index in [0.29, 0.717) is 4.88 Å². The summed E-state index contributed by atoms with van der Waals surface area (Å²) in [6, 6.07) is 11.9. The Kier molecular flexibility index (Phi) is 5.10. The molecular formula is C20H20N2O3S. The second kappa shape index (κ2) is 7.30. The van der Waals surface area contributed by atoms with Gasteiger partial charge in [-0.25, -0.2) is 4.79 Å². The lowest BCUT2D eigenvalue weighted by molar-refractivity contribution is -0.125. The number of ether oxygens (including phenoxy) is 1. The highest BCUT2D eigenvalue weighted by molar-refractivity contribution is 7.12. The topological polar surface area (TPSA) is 79.2 Å². The van der Waals surface area contributed by atoms with Gasteiger partial charge in [-0.2, -0.15) is 5.26 Å². The molecule has 6 heteroatoms. The van der Waals surface area contributed by atoms with E-state index in [9.17, 15) is 14.9 Å². The van der Waals surface area contributed by atoms with Crippen LogP contribution in [0.1, 0.15) is 35.0 Å². The molecular weight excluding hydrogens is 348 g/mol. The average Bonchev–Trinajstić information content (AvgIpc) is 3.38. The van der Waals surface area contributed by atoms with Crippen LogP contribution >= 0.6 is 11.3 Å². The molecule has 1 heterocycles. The molecule has 0 unspecified atom stereocenters. The minimum Gasteiger partial charge on any atom is -0.451 e. The molecule has 1 aliphatic rings. The summed E-state index contributed by atoms with van der Waals surface area (Å²) in [5.74, 6) is -0.809. The zero-order valence-electron chi connectivity index (χ0n) is 14.7. The first kappa shape index (κ1) is 18.2. The smallest absolute Gasteiger partial charge is 0.349 e. The van der Waals surface area contributed by atoms with Gasteiger partial charge in [0.15, 0.2) is 6.61 Å². The number of carbonyl (C=O) groups excluding carboxylic acids is 2. The van der Waals surface area contributed by atoms with E-state index in [1.165, 1.54) is 11.3 Å². The molecule has 3 rings (SSSR count). The van der Waals surface area contributed by atoms with Crippen molar-refractivity contribution in [3.05, 3.63) is 46.2 Å². The van der Waals surface area contributed by atoms with Crippen molar-refractivity contribution in [1.82, 2.24) is 5.32 Å². The molecule has 0 bridgehead atoms. The quantitative estimate of drug-likeness (QED) is 0.789. The van der Waals surface area contributed by atoms with Crippen LogP contribution in [0.15, 0.2) is 35.7 Å². The monoisotopic (exact) mass is 368 g/mol. The van der Waals surface area contributed by atoms with Gasteiger partial charge < -0.3 is 10.1 Å². The van der Waals surface area contributed by atoms with Crippen LogP contribution in [-0.4, -0.2) is 24.0 Å². The molecule has 0 aliphatic heterocycles. The standard InChI is InChI=1S/C20H20N2O3S/c1-13-3-5-14(6-4-13)16-9-10-26-18(16)19(24)25-11-17(23)22-20(2,12-21)15-7-8-15/h3-6,9-10,15H,7-8,11H2,1-2H3,(H,22,23)/t20-/m1/s1. The summed E-state index contributed by atoms with van der Waals surface area (Å²) in [4.78, 5) is 24.9. The Hall–Kier alpha value is -2.65. The third kappa shape index (κ3) is 3.94. The summed E-state index contributed by atoms with van der Waals surface area (Å²) >= 11 is 1.28. The Bertz CT molecular complexity index is 862. The number of hydrogen-bond acceptors (Lipinski definition) is 5. The molecule has 1 saturated carbocycles. The summed E-state index contributed by atoms with van der Waals surface area (Å²) in [6.07, 6.45) is 1.86. The Morgan fingerprint density at radius 1 is 1.31 bits per heavy atom. The molecule has 0 spiro atoms. The maximum absolute atomic E-state index is 12.4. The van der Waals surface area contributed by atoms with Crippen LogP contribution in [0.2, 0.25) is 0 Å². The second-order valence-electron chi connectivity index (χ2n) is 6.74. The van der Waals surface area contributed by atoms with E-state index in [0.717, 1.165) is 29.5 Å². The molecule has 1 N–H and O–H groups in total. The van der Waals surface area contributed by atoms with Crippen LogP contribution in [0, 0.1) is 24.2 Å². The van der Waals surface area contributed by atoms with Gasteiger partial charge in [0.2, 0.25) is 0 Å². The number of nitrogens with one attached hydrogen (secondary N) is 1. The molecule has 1 amide bonds. The van der Waals surface area contributed by atoms with Crippen LogP contribution in [-0.2, 0) is 9.53 Å². The Morgan fingerprint density at radius 2 is 2.00 bits per heavy atom. The van der Waals surface area contributed by atoms with Gasteiger partial charge in [0.1, 0.15) is 10.4 Å². The fraction of sp³-hybridized carbons (Fsp3) is 0.350. The third-order valence-electron chi connectivity index (χ3n) is 4.57. The van der Waals surface area contributed by atoms with E-state index in [1.807, 2.05) is 42.6 Å². The number of thiophene rings is 1. The normalized spacial score (nSPS) is 15.6. The van der Waals surface area contributed by atoms with Crippen molar-refractivity contribution in [3.63, 3.8) is 0 Å². The SMILES string of the molecule is Cc1ccc(-c2ccsc2C(=O)OCC(=O)N[C@](C)(C#N)C2CC2)cc1. The van der Waals surface area contributed by atoms with Crippen LogP contribution in [0.25, 0.3) is 11.1 Å². The first-order valence-electron chi connectivity index (χ1n) is 8.47. The molecule has 5 nitrogen and oxygen atoms in total. The number of benzene rings is 1. The van der Waals surface area contributed by atoms with Crippen molar-refractivity contribution in [3.8, 4) is 17.2 Å². The molecule has 134 valence electrons. The lowest BCUT2D eigenvalue weighted by atomic mass is 9.98. The molecule has 1 aromatic carbocycles. The summed E-state index contributed by atoms with van der Waals surface area (Å²) in [6.45, 7) is 3.31. The van der Waals surface area contributed by atoms with Gasteiger partial charge in [0.25, 0.3) is 5.91 Å². The number of rotatable bonds is 6. The first-order valence-corrected chi connectivity index (χ1v) is 9.35. The lowest BCUT2D eigenvalue weighted by Crippen LogP contribution is -2.48. The van der Waals surface area contributed by atoms with E-state index >= 15 is 0 Å². The van der Waals surface area contributed by atoms with Crippen molar-refractivity contribution in [2.75, 3.05) is 6.61 Å². The van der Waals surface area contributed by atoms with Crippen LogP contribution in [0.4, 0.5) is 0 Å². The number of amides is 1. The maximum atomic E-state index is 12.4. The van der Waals surface area contributed by atoms with E-state index in [4.69, 9.17) is 4.74 Å². The number of esters is 1. The zero-order chi connectivity index (χ0) is 18.7. The van der Waals surface area contributed by atoms with E-state index < -0.39 is 24.0 Å². The van der Waals surface area contributed by atoms with E-state index in [1.54, 1.807) is 6.92 Å². The molecule has 1 fully saturated rings. The number of aryl methyl sites for hydroxylation is 1. The summed E-state index contributed by atoms with van der Waals surface area (Å²) in [5, 5.41) is 13.8. The number of carbonyl (C=O) groups is 2.